The van der Waals surface area contributed by atoms with Gasteiger partial charge in [0.25, 0.3) is 0 Å². The third kappa shape index (κ3) is 6.38. The van der Waals surface area contributed by atoms with Gasteiger partial charge in [-0.05, 0) is 18.3 Å². The molecular formula is C11H22O. The Kier molecular flexibility index (Phi) is 6.04. The zero-order valence-electron chi connectivity index (χ0n) is 8.89. The lowest BCUT2D eigenvalue weighted by Crippen LogP contribution is -2.04. The zero-order valence-corrected chi connectivity index (χ0v) is 8.89. The summed E-state index contributed by atoms with van der Waals surface area (Å²) in [5.74, 6) is 1.67. The van der Waals surface area contributed by atoms with Crippen LogP contribution in [0.1, 0.15) is 53.4 Å². The Morgan fingerprint density at radius 1 is 1.25 bits per heavy atom. The lowest BCUT2D eigenvalue weighted by atomic mass is 9.97. The molecule has 0 heterocycles. The average molecular weight is 170 g/mol. The number of rotatable bonds is 6. The van der Waals surface area contributed by atoms with Crippen LogP contribution in [0.5, 0.6) is 0 Å². The van der Waals surface area contributed by atoms with Crippen LogP contribution in [-0.2, 0) is 4.79 Å². The summed E-state index contributed by atoms with van der Waals surface area (Å²) >= 11 is 0. The number of hydrogen-bond acceptors (Lipinski definition) is 1. The predicted molar refractivity (Wildman–Crippen MR) is 53.2 cm³/mol. The van der Waals surface area contributed by atoms with Gasteiger partial charge in [-0.25, -0.2) is 0 Å². The van der Waals surface area contributed by atoms with Gasteiger partial charge in [0.15, 0.2) is 0 Å². The highest BCUT2D eigenvalue weighted by atomic mass is 16.1. The lowest BCUT2D eigenvalue weighted by molar-refractivity contribution is -0.120. The van der Waals surface area contributed by atoms with Crippen LogP contribution in [0.2, 0.25) is 0 Å². The normalized spacial score (nSPS) is 13.4. The van der Waals surface area contributed by atoms with E-state index in [0.29, 0.717) is 17.6 Å². The molecule has 0 rings (SSSR count). The van der Waals surface area contributed by atoms with Crippen LogP contribution in [0.25, 0.3) is 0 Å². The molecule has 0 aromatic heterocycles. The number of hydrogen-bond donors (Lipinski definition) is 0. The minimum absolute atomic E-state index is 0.435. The summed E-state index contributed by atoms with van der Waals surface area (Å²) in [5.41, 5.74) is 0. The standard InChI is InChI=1S/C11H22O/c1-5-10(4)6-7-11(12)8-9(2)3/h9-10H,5-8H2,1-4H3/t10-/m1/s1. The minimum atomic E-state index is 0.435. The molecule has 0 aromatic rings. The van der Waals surface area contributed by atoms with Gasteiger partial charge in [0, 0.05) is 12.8 Å². The average Bonchev–Trinajstić information content (AvgIpc) is 1.99. The van der Waals surface area contributed by atoms with Gasteiger partial charge in [-0.1, -0.05) is 34.1 Å². The second-order valence-electron chi connectivity index (χ2n) is 4.19. The van der Waals surface area contributed by atoms with Gasteiger partial charge in [0.05, 0.1) is 0 Å². The molecule has 0 saturated carbocycles. The highest BCUT2D eigenvalue weighted by Crippen LogP contribution is 2.12. The summed E-state index contributed by atoms with van der Waals surface area (Å²) in [7, 11) is 0. The quantitative estimate of drug-likeness (QED) is 0.597. The van der Waals surface area contributed by atoms with Crippen LogP contribution >= 0.6 is 0 Å². The fourth-order valence-corrected chi connectivity index (χ4v) is 1.17. The van der Waals surface area contributed by atoms with Gasteiger partial charge >= 0.3 is 0 Å². The summed E-state index contributed by atoms with van der Waals surface area (Å²) in [5, 5.41) is 0. The number of Topliss-reactive ketones (excluding diaryl/α,β-unsaturated/α-hetero) is 1. The Balaban J connectivity index is 3.44. The van der Waals surface area contributed by atoms with Crippen LogP contribution in [-0.4, -0.2) is 5.78 Å². The summed E-state index contributed by atoms with van der Waals surface area (Å²) in [6.45, 7) is 8.59. The van der Waals surface area contributed by atoms with Crippen molar-refractivity contribution in [3.05, 3.63) is 0 Å². The molecule has 0 N–H and O–H groups in total. The monoisotopic (exact) mass is 170 g/mol. The molecule has 0 amide bonds. The van der Waals surface area contributed by atoms with Crippen molar-refractivity contribution in [2.75, 3.05) is 0 Å². The van der Waals surface area contributed by atoms with Gasteiger partial charge in [0.2, 0.25) is 0 Å². The number of carbonyl (C=O) groups excluding carboxylic acids is 1. The molecule has 72 valence electrons. The summed E-state index contributed by atoms with van der Waals surface area (Å²) in [6, 6.07) is 0. The Morgan fingerprint density at radius 3 is 2.25 bits per heavy atom. The third-order valence-electron chi connectivity index (χ3n) is 2.25. The second-order valence-corrected chi connectivity index (χ2v) is 4.19. The molecule has 1 atom stereocenters. The van der Waals surface area contributed by atoms with Crippen molar-refractivity contribution in [3.8, 4) is 0 Å². The van der Waals surface area contributed by atoms with E-state index in [1.807, 2.05) is 0 Å². The maximum atomic E-state index is 11.3. The Bertz CT molecular complexity index is 127. The van der Waals surface area contributed by atoms with E-state index in [9.17, 15) is 4.79 Å². The van der Waals surface area contributed by atoms with Crippen molar-refractivity contribution in [3.63, 3.8) is 0 Å². The fraction of sp³-hybridized carbons (Fsp3) is 0.909. The van der Waals surface area contributed by atoms with Crippen molar-refractivity contribution in [2.45, 2.75) is 53.4 Å². The largest absolute Gasteiger partial charge is 0.300 e. The van der Waals surface area contributed by atoms with Crippen molar-refractivity contribution >= 4 is 5.78 Å². The molecule has 0 radical (unpaired) electrons. The van der Waals surface area contributed by atoms with E-state index in [0.717, 1.165) is 19.3 Å². The Hall–Kier alpha value is -0.330. The maximum Gasteiger partial charge on any atom is 0.133 e. The van der Waals surface area contributed by atoms with Gasteiger partial charge in [-0.3, -0.25) is 4.79 Å². The van der Waals surface area contributed by atoms with Crippen LogP contribution in [0.15, 0.2) is 0 Å². The van der Waals surface area contributed by atoms with Gasteiger partial charge in [-0.15, -0.1) is 0 Å². The second kappa shape index (κ2) is 6.22. The van der Waals surface area contributed by atoms with Crippen molar-refractivity contribution < 1.29 is 4.79 Å². The van der Waals surface area contributed by atoms with E-state index in [2.05, 4.69) is 27.7 Å². The summed E-state index contributed by atoms with van der Waals surface area (Å²) < 4.78 is 0. The van der Waals surface area contributed by atoms with E-state index in [1.165, 1.54) is 6.42 Å². The molecule has 0 bridgehead atoms. The molecule has 0 spiro atoms. The third-order valence-corrected chi connectivity index (χ3v) is 2.25. The smallest absolute Gasteiger partial charge is 0.133 e. The zero-order chi connectivity index (χ0) is 9.56. The number of ketones is 1. The Labute approximate surface area is 76.6 Å². The van der Waals surface area contributed by atoms with E-state index in [1.54, 1.807) is 0 Å². The van der Waals surface area contributed by atoms with Gasteiger partial charge in [0.1, 0.15) is 5.78 Å². The van der Waals surface area contributed by atoms with Crippen LogP contribution in [0.4, 0.5) is 0 Å². The number of carbonyl (C=O) groups is 1. The first-order chi connectivity index (χ1) is 5.56. The molecule has 0 unspecified atom stereocenters. The molecule has 0 aromatic carbocycles. The van der Waals surface area contributed by atoms with Crippen molar-refractivity contribution in [2.24, 2.45) is 11.8 Å². The first-order valence-corrected chi connectivity index (χ1v) is 5.08. The van der Waals surface area contributed by atoms with Crippen molar-refractivity contribution in [1.82, 2.24) is 0 Å². The summed E-state index contributed by atoms with van der Waals surface area (Å²) in [4.78, 5) is 11.3. The molecule has 0 saturated heterocycles. The van der Waals surface area contributed by atoms with E-state index < -0.39 is 0 Å². The fourth-order valence-electron chi connectivity index (χ4n) is 1.17. The molecule has 0 fully saturated rings. The highest BCUT2D eigenvalue weighted by molar-refractivity contribution is 5.78. The molecule has 0 aliphatic rings. The molecule has 1 nitrogen and oxygen atoms in total. The first-order valence-electron chi connectivity index (χ1n) is 5.08. The van der Waals surface area contributed by atoms with E-state index >= 15 is 0 Å². The summed E-state index contributed by atoms with van der Waals surface area (Å²) in [6.07, 6.45) is 3.81. The lowest BCUT2D eigenvalue weighted by Gasteiger charge is -2.07. The topological polar surface area (TPSA) is 17.1 Å². The van der Waals surface area contributed by atoms with Gasteiger partial charge in [-0.2, -0.15) is 0 Å². The molecule has 12 heavy (non-hydrogen) atoms. The van der Waals surface area contributed by atoms with E-state index in [-0.39, 0.29) is 0 Å². The van der Waals surface area contributed by atoms with Crippen molar-refractivity contribution in [1.29, 1.82) is 0 Å². The maximum absolute atomic E-state index is 11.3. The minimum Gasteiger partial charge on any atom is -0.300 e. The van der Waals surface area contributed by atoms with Crippen LogP contribution in [0, 0.1) is 11.8 Å². The Morgan fingerprint density at radius 2 is 1.83 bits per heavy atom. The molecule has 0 aliphatic heterocycles. The first kappa shape index (κ1) is 11.7. The van der Waals surface area contributed by atoms with E-state index in [4.69, 9.17) is 0 Å². The highest BCUT2D eigenvalue weighted by Gasteiger charge is 2.06. The molecule has 1 heteroatoms. The van der Waals surface area contributed by atoms with Crippen LogP contribution in [0.3, 0.4) is 0 Å². The van der Waals surface area contributed by atoms with Gasteiger partial charge < -0.3 is 0 Å². The van der Waals surface area contributed by atoms with Crippen LogP contribution < -0.4 is 0 Å². The molecule has 0 aliphatic carbocycles. The molecular weight excluding hydrogens is 148 g/mol. The predicted octanol–water partition coefficient (Wildman–Crippen LogP) is 3.43. The SMILES string of the molecule is CC[C@@H](C)CCC(=O)CC(C)C.